The Bertz CT molecular complexity index is 1150. The topological polar surface area (TPSA) is 96.5 Å². The zero-order valence-electron chi connectivity index (χ0n) is 19.1. The number of nitrogens with one attached hydrogen (secondary N) is 3. The molecule has 3 N–H and O–H groups in total. The van der Waals surface area contributed by atoms with E-state index in [1.54, 1.807) is 60.7 Å². The fourth-order valence-electron chi connectivity index (χ4n) is 2.94. The van der Waals surface area contributed by atoms with Gasteiger partial charge >= 0.3 is 0 Å². The summed E-state index contributed by atoms with van der Waals surface area (Å²) >= 11 is 3.32. The van der Waals surface area contributed by atoms with Crippen LogP contribution in [0.15, 0.2) is 77.3 Å². The molecule has 7 nitrogen and oxygen atoms in total. The van der Waals surface area contributed by atoms with Gasteiger partial charge in [-0.1, -0.05) is 48.8 Å². The smallest absolute Gasteiger partial charge is 0.276 e. The van der Waals surface area contributed by atoms with E-state index in [2.05, 4.69) is 52.9 Å². The van der Waals surface area contributed by atoms with Gasteiger partial charge < -0.3 is 10.1 Å². The lowest BCUT2D eigenvalue weighted by atomic mass is 9.87. The average Bonchev–Trinajstić information content (AvgIpc) is 2.82. The van der Waals surface area contributed by atoms with E-state index in [0.717, 1.165) is 10.0 Å². The molecule has 8 heteroatoms. The van der Waals surface area contributed by atoms with Gasteiger partial charge in [-0.15, -0.1) is 0 Å². The summed E-state index contributed by atoms with van der Waals surface area (Å²) in [6.07, 6.45) is 0. The first-order valence-electron chi connectivity index (χ1n) is 10.6. The number of hydrogen-bond donors (Lipinski definition) is 3. The third-order valence-corrected chi connectivity index (χ3v) is 5.45. The van der Waals surface area contributed by atoms with Gasteiger partial charge in [-0.2, -0.15) is 0 Å². The van der Waals surface area contributed by atoms with Crippen molar-refractivity contribution in [2.75, 3.05) is 11.9 Å². The Morgan fingerprint density at radius 2 is 1.32 bits per heavy atom. The molecule has 0 aliphatic rings. The van der Waals surface area contributed by atoms with Gasteiger partial charge in [0.05, 0.1) is 0 Å². The summed E-state index contributed by atoms with van der Waals surface area (Å²) in [5.41, 5.74) is 7.21. The van der Waals surface area contributed by atoms with Crippen LogP contribution in [0.25, 0.3) is 0 Å². The molecule has 0 spiro atoms. The molecule has 34 heavy (non-hydrogen) atoms. The molecule has 0 saturated carbocycles. The van der Waals surface area contributed by atoms with E-state index in [-0.39, 0.29) is 17.9 Å². The number of benzene rings is 3. The number of hydrazine groups is 1. The molecule has 3 rings (SSSR count). The summed E-state index contributed by atoms with van der Waals surface area (Å²) in [6.45, 7) is 6.10. The molecule has 0 aromatic heterocycles. The van der Waals surface area contributed by atoms with Crippen LogP contribution in [0.4, 0.5) is 5.69 Å². The number of ether oxygens (including phenoxy) is 1. The summed E-state index contributed by atoms with van der Waals surface area (Å²) in [4.78, 5) is 36.7. The van der Waals surface area contributed by atoms with Gasteiger partial charge in [0.15, 0.2) is 6.61 Å². The average molecular weight is 524 g/mol. The van der Waals surface area contributed by atoms with Crippen molar-refractivity contribution in [1.29, 1.82) is 0 Å². The van der Waals surface area contributed by atoms with Crippen LogP contribution < -0.4 is 20.9 Å². The summed E-state index contributed by atoms with van der Waals surface area (Å²) in [5.74, 6) is -0.701. The Kier molecular flexibility index (Phi) is 8.07. The highest BCUT2D eigenvalue weighted by Crippen LogP contribution is 2.22. The van der Waals surface area contributed by atoms with Gasteiger partial charge in [0, 0.05) is 21.3 Å². The zero-order chi connectivity index (χ0) is 24.7. The number of anilines is 1. The number of amides is 3. The third kappa shape index (κ3) is 7.18. The van der Waals surface area contributed by atoms with Gasteiger partial charge in [-0.25, -0.2) is 0 Å². The molecule has 0 heterocycles. The molecule has 176 valence electrons. The molecular formula is C26H26BrN3O4. The van der Waals surface area contributed by atoms with E-state index >= 15 is 0 Å². The quantitative estimate of drug-likeness (QED) is 0.402. The first-order valence-corrected chi connectivity index (χ1v) is 11.4. The lowest BCUT2D eigenvalue weighted by Gasteiger charge is -2.19. The van der Waals surface area contributed by atoms with E-state index in [9.17, 15) is 14.4 Å². The molecule has 0 bridgehead atoms. The molecule has 0 aliphatic heterocycles. The Hall–Kier alpha value is -3.65. The fraction of sp³-hybridized carbons (Fsp3) is 0.192. The highest BCUT2D eigenvalue weighted by Gasteiger charge is 2.15. The number of carbonyl (C=O) groups is 3. The van der Waals surface area contributed by atoms with Gasteiger partial charge in [0.25, 0.3) is 17.7 Å². The molecule has 0 unspecified atom stereocenters. The van der Waals surface area contributed by atoms with Crippen LogP contribution in [-0.4, -0.2) is 24.3 Å². The molecule has 0 atom stereocenters. The number of hydrogen-bond acceptors (Lipinski definition) is 4. The Balaban J connectivity index is 1.47. The van der Waals surface area contributed by atoms with E-state index in [1.165, 1.54) is 0 Å². The third-order valence-electron chi connectivity index (χ3n) is 4.92. The van der Waals surface area contributed by atoms with Crippen LogP contribution in [0.3, 0.4) is 0 Å². The molecule has 3 amide bonds. The maximum atomic E-state index is 12.5. The monoisotopic (exact) mass is 523 g/mol. The lowest BCUT2D eigenvalue weighted by molar-refractivity contribution is -0.123. The van der Waals surface area contributed by atoms with E-state index in [4.69, 9.17) is 4.74 Å². The predicted molar refractivity (Wildman–Crippen MR) is 135 cm³/mol. The fourth-order valence-corrected chi connectivity index (χ4v) is 3.21. The van der Waals surface area contributed by atoms with Crippen molar-refractivity contribution in [3.8, 4) is 5.75 Å². The van der Waals surface area contributed by atoms with Crippen LogP contribution in [0.2, 0.25) is 0 Å². The van der Waals surface area contributed by atoms with Crippen LogP contribution in [0, 0.1) is 0 Å². The molecule has 0 fully saturated rings. The summed E-state index contributed by atoms with van der Waals surface area (Å²) in [6, 6.07) is 20.9. The highest BCUT2D eigenvalue weighted by molar-refractivity contribution is 9.10. The van der Waals surface area contributed by atoms with E-state index in [1.807, 2.05) is 12.1 Å². The zero-order valence-corrected chi connectivity index (χ0v) is 20.7. The Morgan fingerprint density at radius 1 is 0.765 bits per heavy atom. The van der Waals surface area contributed by atoms with Crippen LogP contribution in [0.5, 0.6) is 5.75 Å². The van der Waals surface area contributed by atoms with Gasteiger partial charge in [-0.05, 0) is 71.6 Å². The van der Waals surface area contributed by atoms with Crippen LogP contribution in [0.1, 0.15) is 47.1 Å². The van der Waals surface area contributed by atoms with Crippen LogP contribution >= 0.6 is 15.9 Å². The van der Waals surface area contributed by atoms with Crippen molar-refractivity contribution >= 4 is 39.3 Å². The van der Waals surface area contributed by atoms with Gasteiger partial charge in [0.2, 0.25) is 0 Å². The van der Waals surface area contributed by atoms with Crippen LogP contribution in [-0.2, 0) is 10.2 Å². The maximum absolute atomic E-state index is 12.5. The van der Waals surface area contributed by atoms with Crippen molar-refractivity contribution in [3.05, 3.63) is 94.0 Å². The second-order valence-corrected chi connectivity index (χ2v) is 9.52. The van der Waals surface area contributed by atoms with Crippen molar-refractivity contribution in [2.45, 2.75) is 26.2 Å². The summed E-state index contributed by atoms with van der Waals surface area (Å²) in [7, 11) is 0. The molecule has 0 aliphatic carbocycles. The molecule has 3 aromatic rings. The second-order valence-electron chi connectivity index (χ2n) is 8.60. The first kappa shape index (κ1) is 25.0. The number of rotatable bonds is 6. The van der Waals surface area contributed by atoms with Gasteiger partial charge in [0.1, 0.15) is 5.75 Å². The minimum Gasteiger partial charge on any atom is -0.484 e. The first-order chi connectivity index (χ1) is 16.1. The second kappa shape index (κ2) is 11.0. The molecule has 0 saturated heterocycles. The van der Waals surface area contributed by atoms with Crippen molar-refractivity contribution in [1.82, 2.24) is 10.9 Å². The van der Waals surface area contributed by atoms with Crippen molar-refractivity contribution in [3.63, 3.8) is 0 Å². The lowest BCUT2D eigenvalue weighted by Crippen LogP contribution is -2.43. The Labute approximate surface area is 207 Å². The Morgan fingerprint density at radius 3 is 1.91 bits per heavy atom. The minimum atomic E-state index is -0.502. The van der Waals surface area contributed by atoms with Crippen molar-refractivity contribution in [2.24, 2.45) is 0 Å². The molecular weight excluding hydrogens is 498 g/mol. The standard InChI is InChI=1S/C26H26BrN3O4/c1-26(2,3)19-8-4-17(5-9-19)24(32)28-21-12-6-18(7-13-21)25(33)30-29-23(31)16-34-22-14-10-20(27)11-15-22/h4-15H,16H2,1-3H3,(H,28,32)(H,29,31)(H,30,33). The number of halogens is 1. The highest BCUT2D eigenvalue weighted by atomic mass is 79.9. The predicted octanol–water partition coefficient (Wildman–Crippen LogP) is 4.84. The number of carbonyl (C=O) groups excluding carboxylic acids is 3. The van der Waals surface area contributed by atoms with Crippen molar-refractivity contribution < 1.29 is 19.1 Å². The molecule has 0 radical (unpaired) electrons. The molecule has 3 aromatic carbocycles. The summed E-state index contributed by atoms with van der Waals surface area (Å²) in [5, 5.41) is 2.81. The van der Waals surface area contributed by atoms with E-state index < -0.39 is 11.8 Å². The largest absolute Gasteiger partial charge is 0.484 e. The minimum absolute atomic E-state index is 0.0113. The summed E-state index contributed by atoms with van der Waals surface area (Å²) < 4.78 is 6.25. The SMILES string of the molecule is CC(C)(C)c1ccc(C(=O)Nc2ccc(C(=O)NNC(=O)COc3ccc(Br)cc3)cc2)cc1. The van der Waals surface area contributed by atoms with Gasteiger partial charge in [-0.3, -0.25) is 25.2 Å². The van der Waals surface area contributed by atoms with E-state index in [0.29, 0.717) is 22.6 Å². The normalized spacial score (nSPS) is 10.8. The maximum Gasteiger partial charge on any atom is 0.276 e.